The van der Waals surface area contributed by atoms with Crippen LogP contribution in [-0.2, 0) is 11.3 Å². The van der Waals surface area contributed by atoms with Crippen LogP contribution in [0.15, 0.2) is 12.1 Å². The van der Waals surface area contributed by atoms with Gasteiger partial charge in [0.15, 0.2) is 0 Å². The first-order valence-corrected chi connectivity index (χ1v) is 8.26. The molecule has 1 aliphatic rings. The second kappa shape index (κ2) is 8.40. The molecule has 0 saturated carbocycles. The van der Waals surface area contributed by atoms with Crippen LogP contribution >= 0.6 is 0 Å². The molecular formula is C18H29NO2. The van der Waals surface area contributed by atoms with Crippen molar-refractivity contribution in [1.29, 1.82) is 0 Å². The molecule has 1 aromatic carbocycles. The van der Waals surface area contributed by atoms with Gasteiger partial charge in [-0.2, -0.15) is 0 Å². The number of rotatable bonds is 7. The molecule has 0 aromatic heterocycles. The molecule has 0 bridgehead atoms. The summed E-state index contributed by atoms with van der Waals surface area (Å²) in [5.74, 6) is 1.03. The molecule has 1 aromatic rings. The molecule has 1 unspecified atom stereocenters. The van der Waals surface area contributed by atoms with Gasteiger partial charge in [-0.25, -0.2) is 0 Å². The Hall–Kier alpha value is -1.06. The Balaban J connectivity index is 1.92. The zero-order valence-electron chi connectivity index (χ0n) is 13.7. The highest BCUT2D eigenvalue weighted by Gasteiger charge is 2.15. The molecule has 3 heteroatoms. The van der Waals surface area contributed by atoms with Gasteiger partial charge in [0.05, 0.1) is 6.10 Å². The van der Waals surface area contributed by atoms with Crippen molar-refractivity contribution in [3.8, 4) is 5.75 Å². The van der Waals surface area contributed by atoms with E-state index in [1.165, 1.54) is 36.0 Å². The van der Waals surface area contributed by atoms with Crippen molar-refractivity contribution in [2.45, 2.75) is 59.1 Å². The second-order valence-electron chi connectivity index (χ2n) is 6.04. The third-order valence-electron chi connectivity index (χ3n) is 3.96. The molecule has 1 fully saturated rings. The molecule has 1 atom stereocenters. The zero-order chi connectivity index (χ0) is 15.1. The minimum absolute atomic E-state index is 0.267. The molecule has 118 valence electrons. The van der Waals surface area contributed by atoms with Gasteiger partial charge in [0.1, 0.15) is 12.4 Å². The van der Waals surface area contributed by atoms with Gasteiger partial charge in [-0.3, -0.25) is 0 Å². The van der Waals surface area contributed by atoms with E-state index >= 15 is 0 Å². The first-order valence-electron chi connectivity index (χ1n) is 8.26. The van der Waals surface area contributed by atoms with Gasteiger partial charge in [0.25, 0.3) is 0 Å². The van der Waals surface area contributed by atoms with E-state index in [0.29, 0.717) is 6.61 Å². The van der Waals surface area contributed by atoms with E-state index in [-0.39, 0.29) is 6.10 Å². The maximum Gasteiger partial charge on any atom is 0.125 e. The Morgan fingerprint density at radius 3 is 2.62 bits per heavy atom. The van der Waals surface area contributed by atoms with Crippen LogP contribution in [0, 0.1) is 13.8 Å². The summed E-state index contributed by atoms with van der Waals surface area (Å²) in [6, 6.07) is 4.46. The van der Waals surface area contributed by atoms with Crippen LogP contribution in [0.4, 0.5) is 0 Å². The van der Waals surface area contributed by atoms with E-state index in [1.807, 2.05) is 0 Å². The molecule has 0 radical (unpaired) electrons. The van der Waals surface area contributed by atoms with Gasteiger partial charge >= 0.3 is 0 Å². The fourth-order valence-electron chi connectivity index (χ4n) is 2.89. The Kier molecular flexibility index (Phi) is 6.52. The molecule has 0 aliphatic carbocycles. The van der Waals surface area contributed by atoms with Gasteiger partial charge in [-0.05, 0) is 62.8 Å². The van der Waals surface area contributed by atoms with E-state index < -0.39 is 0 Å². The predicted octanol–water partition coefficient (Wildman–Crippen LogP) is 3.75. The SMILES string of the molecule is CCCNCc1cc(C)c(OCC2CCCCO2)c(C)c1. The minimum atomic E-state index is 0.267. The number of benzene rings is 1. The third-order valence-corrected chi connectivity index (χ3v) is 3.96. The largest absolute Gasteiger partial charge is 0.490 e. The van der Waals surface area contributed by atoms with Crippen LogP contribution < -0.4 is 10.1 Å². The van der Waals surface area contributed by atoms with Crippen molar-refractivity contribution in [2.24, 2.45) is 0 Å². The molecule has 1 aliphatic heterocycles. The van der Waals surface area contributed by atoms with E-state index in [2.05, 4.69) is 38.2 Å². The van der Waals surface area contributed by atoms with Gasteiger partial charge in [0.2, 0.25) is 0 Å². The number of ether oxygens (including phenoxy) is 2. The number of hydrogen-bond acceptors (Lipinski definition) is 3. The van der Waals surface area contributed by atoms with Crippen LogP contribution in [0.25, 0.3) is 0 Å². The van der Waals surface area contributed by atoms with Crippen molar-refractivity contribution in [2.75, 3.05) is 19.8 Å². The monoisotopic (exact) mass is 291 g/mol. The Labute approximate surface area is 129 Å². The van der Waals surface area contributed by atoms with Crippen molar-refractivity contribution in [1.82, 2.24) is 5.32 Å². The summed E-state index contributed by atoms with van der Waals surface area (Å²) in [5.41, 5.74) is 3.78. The summed E-state index contributed by atoms with van der Waals surface area (Å²) in [7, 11) is 0. The predicted molar refractivity (Wildman–Crippen MR) is 87.0 cm³/mol. The van der Waals surface area contributed by atoms with Gasteiger partial charge in [-0.15, -0.1) is 0 Å². The normalized spacial score (nSPS) is 18.7. The first kappa shape index (κ1) is 16.3. The molecule has 1 N–H and O–H groups in total. The van der Waals surface area contributed by atoms with E-state index in [0.717, 1.165) is 31.9 Å². The smallest absolute Gasteiger partial charge is 0.125 e. The quantitative estimate of drug-likeness (QED) is 0.776. The van der Waals surface area contributed by atoms with E-state index in [9.17, 15) is 0 Å². The molecule has 2 rings (SSSR count). The summed E-state index contributed by atoms with van der Waals surface area (Å²) < 4.78 is 11.8. The van der Waals surface area contributed by atoms with Crippen LogP contribution in [0.3, 0.4) is 0 Å². The maximum absolute atomic E-state index is 6.04. The number of aryl methyl sites for hydroxylation is 2. The van der Waals surface area contributed by atoms with E-state index in [4.69, 9.17) is 9.47 Å². The fourth-order valence-corrected chi connectivity index (χ4v) is 2.89. The fraction of sp³-hybridized carbons (Fsp3) is 0.667. The third kappa shape index (κ3) is 5.01. The number of nitrogens with one attached hydrogen (secondary N) is 1. The van der Waals surface area contributed by atoms with Crippen molar-refractivity contribution >= 4 is 0 Å². The lowest BCUT2D eigenvalue weighted by Gasteiger charge is -2.23. The average molecular weight is 291 g/mol. The molecular weight excluding hydrogens is 262 g/mol. The molecule has 1 heterocycles. The van der Waals surface area contributed by atoms with Crippen molar-refractivity contribution in [3.63, 3.8) is 0 Å². The van der Waals surface area contributed by atoms with Crippen LogP contribution in [0.5, 0.6) is 5.75 Å². The average Bonchev–Trinajstić information content (AvgIpc) is 2.48. The van der Waals surface area contributed by atoms with Crippen molar-refractivity contribution in [3.05, 3.63) is 28.8 Å². The summed E-state index contributed by atoms with van der Waals surface area (Å²) in [6.07, 6.45) is 5.00. The molecule has 1 saturated heterocycles. The lowest BCUT2D eigenvalue weighted by Crippen LogP contribution is -2.26. The molecule has 0 amide bonds. The molecule has 3 nitrogen and oxygen atoms in total. The van der Waals surface area contributed by atoms with Crippen LogP contribution in [-0.4, -0.2) is 25.9 Å². The van der Waals surface area contributed by atoms with Gasteiger partial charge in [0, 0.05) is 13.2 Å². The topological polar surface area (TPSA) is 30.5 Å². The standard InChI is InChI=1S/C18H29NO2/c1-4-8-19-12-16-10-14(2)18(15(3)11-16)21-13-17-7-5-6-9-20-17/h10-11,17,19H,4-9,12-13H2,1-3H3. The zero-order valence-corrected chi connectivity index (χ0v) is 13.7. The molecule has 0 spiro atoms. The molecule has 21 heavy (non-hydrogen) atoms. The first-order chi connectivity index (χ1) is 10.2. The van der Waals surface area contributed by atoms with Gasteiger partial charge < -0.3 is 14.8 Å². The lowest BCUT2D eigenvalue weighted by atomic mass is 10.1. The Morgan fingerprint density at radius 2 is 2.00 bits per heavy atom. The summed E-state index contributed by atoms with van der Waals surface area (Å²) in [4.78, 5) is 0. The summed E-state index contributed by atoms with van der Waals surface area (Å²) in [6.45, 7) is 10.0. The minimum Gasteiger partial charge on any atom is -0.490 e. The highest BCUT2D eigenvalue weighted by atomic mass is 16.5. The van der Waals surface area contributed by atoms with Gasteiger partial charge in [-0.1, -0.05) is 19.1 Å². The summed E-state index contributed by atoms with van der Waals surface area (Å²) >= 11 is 0. The lowest BCUT2D eigenvalue weighted by molar-refractivity contribution is -0.0113. The highest BCUT2D eigenvalue weighted by Crippen LogP contribution is 2.26. The van der Waals surface area contributed by atoms with Crippen LogP contribution in [0.2, 0.25) is 0 Å². The highest BCUT2D eigenvalue weighted by molar-refractivity contribution is 5.43. The number of hydrogen-bond donors (Lipinski definition) is 1. The Bertz CT molecular complexity index is 416. The van der Waals surface area contributed by atoms with Crippen LogP contribution in [0.1, 0.15) is 49.3 Å². The summed E-state index contributed by atoms with van der Waals surface area (Å²) in [5, 5.41) is 3.45. The van der Waals surface area contributed by atoms with Crippen molar-refractivity contribution < 1.29 is 9.47 Å². The van der Waals surface area contributed by atoms with E-state index in [1.54, 1.807) is 0 Å². The second-order valence-corrected chi connectivity index (χ2v) is 6.04. The maximum atomic E-state index is 6.04. The Morgan fingerprint density at radius 1 is 1.24 bits per heavy atom.